The van der Waals surface area contributed by atoms with Crippen molar-refractivity contribution < 1.29 is 5.11 Å². The Balaban J connectivity index is 1.96. The quantitative estimate of drug-likeness (QED) is 0.822. The van der Waals surface area contributed by atoms with Crippen molar-refractivity contribution in [1.29, 1.82) is 0 Å². The lowest BCUT2D eigenvalue weighted by atomic mass is 10.1. The highest BCUT2D eigenvalue weighted by Crippen LogP contribution is 2.24. The average molecular weight is 219 g/mol. The first-order valence-corrected chi connectivity index (χ1v) is 6.29. The molecule has 0 saturated heterocycles. The Hall–Kier alpha value is -0.860. The van der Waals surface area contributed by atoms with Gasteiger partial charge in [-0.2, -0.15) is 0 Å². The zero-order valence-corrected chi connectivity index (χ0v) is 9.81. The van der Waals surface area contributed by atoms with E-state index >= 15 is 0 Å². The summed E-state index contributed by atoms with van der Waals surface area (Å²) in [6, 6.07) is 11.2. The van der Waals surface area contributed by atoms with Gasteiger partial charge in [-0.1, -0.05) is 43.2 Å². The molecule has 1 fully saturated rings. The van der Waals surface area contributed by atoms with Crippen molar-refractivity contribution in [3.63, 3.8) is 0 Å². The molecule has 1 aliphatic carbocycles. The topological polar surface area (TPSA) is 23.5 Å². The lowest BCUT2D eigenvalue weighted by Crippen LogP contribution is -2.35. The number of hydrogen-bond acceptors (Lipinski definition) is 2. The van der Waals surface area contributed by atoms with Gasteiger partial charge in [0.2, 0.25) is 0 Å². The summed E-state index contributed by atoms with van der Waals surface area (Å²) in [5, 5.41) is 9.13. The van der Waals surface area contributed by atoms with Gasteiger partial charge < -0.3 is 5.11 Å². The van der Waals surface area contributed by atoms with Crippen LogP contribution in [0.3, 0.4) is 0 Å². The molecule has 88 valence electrons. The normalized spacial score (nSPS) is 17.1. The van der Waals surface area contributed by atoms with E-state index in [9.17, 15) is 0 Å². The molecule has 1 N–H and O–H groups in total. The summed E-state index contributed by atoms with van der Waals surface area (Å²) in [5.41, 5.74) is 1.35. The van der Waals surface area contributed by atoms with E-state index in [1.165, 1.54) is 31.2 Å². The molecule has 0 bridgehead atoms. The third-order valence-corrected chi connectivity index (χ3v) is 3.46. The number of aliphatic hydroxyl groups excluding tert-OH is 1. The summed E-state index contributed by atoms with van der Waals surface area (Å²) in [4.78, 5) is 2.43. The maximum atomic E-state index is 9.13. The highest BCUT2D eigenvalue weighted by molar-refractivity contribution is 5.14. The largest absolute Gasteiger partial charge is 0.395 e. The Morgan fingerprint density at radius 3 is 2.44 bits per heavy atom. The van der Waals surface area contributed by atoms with Gasteiger partial charge in [-0.05, 0) is 18.4 Å². The van der Waals surface area contributed by atoms with Crippen molar-refractivity contribution in [1.82, 2.24) is 4.90 Å². The van der Waals surface area contributed by atoms with Crippen molar-refractivity contribution >= 4 is 0 Å². The number of rotatable bonds is 5. The molecule has 0 aliphatic heterocycles. The zero-order chi connectivity index (χ0) is 11.2. The number of benzene rings is 1. The van der Waals surface area contributed by atoms with Crippen molar-refractivity contribution in [3.8, 4) is 0 Å². The number of nitrogens with zero attached hydrogens (tertiary/aromatic N) is 1. The van der Waals surface area contributed by atoms with Crippen LogP contribution in [0.1, 0.15) is 31.2 Å². The molecular formula is C14H21NO. The second-order valence-electron chi connectivity index (χ2n) is 4.62. The second-order valence-corrected chi connectivity index (χ2v) is 4.62. The third-order valence-electron chi connectivity index (χ3n) is 3.46. The molecular weight excluding hydrogens is 198 g/mol. The Labute approximate surface area is 97.9 Å². The smallest absolute Gasteiger partial charge is 0.0558 e. The molecule has 0 heterocycles. The van der Waals surface area contributed by atoms with Crippen molar-refractivity contribution in [2.24, 2.45) is 0 Å². The fourth-order valence-corrected chi connectivity index (χ4v) is 2.61. The van der Waals surface area contributed by atoms with E-state index < -0.39 is 0 Å². The molecule has 2 heteroatoms. The minimum atomic E-state index is 0.267. The predicted molar refractivity (Wildman–Crippen MR) is 66.2 cm³/mol. The maximum Gasteiger partial charge on any atom is 0.0558 e. The molecule has 0 atom stereocenters. The van der Waals surface area contributed by atoms with Gasteiger partial charge >= 0.3 is 0 Å². The van der Waals surface area contributed by atoms with Crippen LogP contribution in [-0.2, 0) is 6.54 Å². The number of aliphatic hydroxyl groups is 1. The third kappa shape index (κ3) is 3.06. The van der Waals surface area contributed by atoms with Gasteiger partial charge in [-0.15, -0.1) is 0 Å². The molecule has 1 saturated carbocycles. The van der Waals surface area contributed by atoms with E-state index in [0.29, 0.717) is 6.04 Å². The molecule has 0 aromatic heterocycles. The summed E-state index contributed by atoms with van der Waals surface area (Å²) >= 11 is 0. The molecule has 16 heavy (non-hydrogen) atoms. The van der Waals surface area contributed by atoms with E-state index in [1.807, 2.05) is 0 Å². The van der Waals surface area contributed by atoms with Crippen LogP contribution < -0.4 is 0 Å². The summed E-state index contributed by atoms with van der Waals surface area (Å²) in [7, 11) is 0. The van der Waals surface area contributed by atoms with Crippen LogP contribution in [0.2, 0.25) is 0 Å². The van der Waals surface area contributed by atoms with Crippen LogP contribution in [0.25, 0.3) is 0 Å². The summed E-state index contributed by atoms with van der Waals surface area (Å²) in [6.07, 6.45) is 5.29. The molecule has 2 rings (SSSR count). The van der Waals surface area contributed by atoms with E-state index in [0.717, 1.165) is 13.1 Å². The van der Waals surface area contributed by atoms with Crippen molar-refractivity contribution in [3.05, 3.63) is 35.9 Å². The van der Waals surface area contributed by atoms with Crippen LogP contribution in [0.4, 0.5) is 0 Å². The minimum Gasteiger partial charge on any atom is -0.395 e. The fraction of sp³-hybridized carbons (Fsp3) is 0.571. The molecule has 1 aromatic carbocycles. The highest BCUT2D eigenvalue weighted by atomic mass is 16.3. The van der Waals surface area contributed by atoms with E-state index in [1.54, 1.807) is 0 Å². The molecule has 0 radical (unpaired) electrons. The SMILES string of the molecule is OCCN(Cc1ccccc1)C1CCCC1. The Morgan fingerprint density at radius 1 is 1.12 bits per heavy atom. The first-order valence-electron chi connectivity index (χ1n) is 6.29. The van der Waals surface area contributed by atoms with Gasteiger partial charge in [-0.25, -0.2) is 0 Å². The lowest BCUT2D eigenvalue weighted by Gasteiger charge is -2.28. The van der Waals surface area contributed by atoms with Gasteiger partial charge in [0.25, 0.3) is 0 Å². The second kappa shape index (κ2) is 6.02. The molecule has 1 aromatic rings. The van der Waals surface area contributed by atoms with Gasteiger partial charge in [0.05, 0.1) is 6.61 Å². The highest BCUT2D eigenvalue weighted by Gasteiger charge is 2.21. The summed E-state index contributed by atoms with van der Waals surface area (Å²) in [5.74, 6) is 0. The fourth-order valence-electron chi connectivity index (χ4n) is 2.61. The van der Waals surface area contributed by atoms with Crippen molar-refractivity contribution in [2.45, 2.75) is 38.3 Å². The molecule has 1 aliphatic rings. The van der Waals surface area contributed by atoms with Crippen LogP contribution in [0.15, 0.2) is 30.3 Å². The molecule has 0 amide bonds. The lowest BCUT2D eigenvalue weighted by molar-refractivity contribution is 0.145. The van der Waals surface area contributed by atoms with Gasteiger partial charge in [0, 0.05) is 19.1 Å². The summed E-state index contributed by atoms with van der Waals surface area (Å²) in [6.45, 7) is 2.05. The Morgan fingerprint density at radius 2 is 1.81 bits per heavy atom. The van der Waals surface area contributed by atoms with Gasteiger partial charge in [0.1, 0.15) is 0 Å². The molecule has 2 nitrogen and oxygen atoms in total. The van der Waals surface area contributed by atoms with Crippen LogP contribution in [-0.4, -0.2) is 29.2 Å². The van der Waals surface area contributed by atoms with Crippen LogP contribution >= 0.6 is 0 Å². The Bertz CT molecular complexity index is 293. The average Bonchev–Trinajstić information content (AvgIpc) is 2.83. The van der Waals surface area contributed by atoms with Gasteiger partial charge in [0.15, 0.2) is 0 Å². The standard InChI is InChI=1S/C14H21NO/c16-11-10-15(14-8-4-5-9-14)12-13-6-2-1-3-7-13/h1-3,6-7,14,16H,4-5,8-12H2. The predicted octanol–water partition coefficient (Wildman–Crippen LogP) is 2.42. The van der Waals surface area contributed by atoms with E-state index in [-0.39, 0.29) is 6.61 Å². The summed E-state index contributed by atoms with van der Waals surface area (Å²) < 4.78 is 0. The van der Waals surface area contributed by atoms with Crippen molar-refractivity contribution in [2.75, 3.05) is 13.2 Å². The monoisotopic (exact) mass is 219 g/mol. The van der Waals surface area contributed by atoms with Gasteiger partial charge in [-0.3, -0.25) is 4.90 Å². The van der Waals surface area contributed by atoms with E-state index in [2.05, 4.69) is 35.2 Å². The Kier molecular flexibility index (Phi) is 4.37. The maximum absolute atomic E-state index is 9.13. The van der Waals surface area contributed by atoms with Crippen LogP contribution in [0.5, 0.6) is 0 Å². The zero-order valence-electron chi connectivity index (χ0n) is 9.81. The first-order chi connectivity index (χ1) is 7.90. The molecule has 0 spiro atoms. The molecule has 0 unspecified atom stereocenters. The first kappa shape index (κ1) is 11.6. The number of hydrogen-bond donors (Lipinski definition) is 1. The van der Waals surface area contributed by atoms with Crippen LogP contribution in [0, 0.1) is 0 Å². The van der Waals surface area contributed by atoms with E-state index in [4.69, 9.17) is 5.11 Å². The minimum absolute atomic E-state index is 0.267.